The van der Waals surface area contributed by atoms with E-state index in [4.69, 9.17) is 0 Å². The number of aromatic nitrogens is 2. The summed E-state index contributed by atoms with van der Waals surface area (Å²) in [6.45, 7) is 1.53. The van der Waals surface area contributed by atoms with Gasteiger partial charge in [0.15, 0.2) is 0 Å². The highest BCUT2D eigenvalue weighted by atomic mass is 16.2. The Hall–Kier alpha value is -2.30. The molecular formula is C15H18N4O. The van der Waals surface area contributed by atoms with E-state index in [0.29, 0.717) is 6.04 Å². The van der Waals surface area contributed by atoms with Gasteiger partial charge in [0.05, 0.1) is 6.04 Å². The molecule has 104 valence electrons. The molecule has 5 nitrogen and oxygen atoms in total. The van der Waals surface area contributed by atoms with Gasteiger partial charge in [-0.05, 0) is 31.0 Å². The average molecular weight is 270 g/mol. The molecule has 0 atom stereocenters. The van der Waals surface area contributed by atoms with Crippen molar-refractivity contribution in [2.24, 2.45) is 0 Å². The summed E-state index contributed by atoms with van der Waals surface area (Å²) in [4.78, 5) is 14.0. The third kappa shape index (κ3) is 2.82. The number of nitrogens with one attached hydrogen (secondary N) is 1. The summed E-state index contributed by atoms with van der Waals surface area (Å²) < 4.78 is 1.99. The van der Waals surface area contributed by atoms with Crippen molar-refractivity contribution in [3.05, 3.63) is 48.8 Å². The Morgan fingerprint density at radius 2 is 1.90 bits per heavy atom. The maximum Gasteiger partial charge on any atom is 0.321 e. The highest BCUT2D eigenvalue weighted by Crippen LogP contribution is 2.22. The van der Waals surface area contributed by atoms with Crippen molar-refractivity contribution >= 4 is 11.7 Å². The quantitative estimate of drug-likeness (QED) is 0.912. The van der Waals surface area contributed by atoms with E-state index in [1.165, 1.54) is 0 Å². The van der Waals surface area contributed by atoms with Crippen LogP contribution >= 0.6 is 0 Å². The van der Waals surface area contributed by atoms with E-state index >= 15 is 0 Å². The first-order chi connectivity index (χ1) is 9.83. The standard InChI is InChI=1S/C15H18N4O/c20-15(17-13-5-2-1-3-6-13)18-11-7-14(8-12-18)19-10-4-9-16-19/h1-6,9-10,14H,7-8,11-12H2,(H,17,20). The lowest BCUT2D eigenvalue weighted by atomic mass is 10.1. The molecule has 1 N–H and O–H groups in total. The molecule has 2 aromatic rings. The second kappa shape index (κ2) is 5.77. The van der Waals surface area contributed by atoms with Crippen LogP contribution in [0.3, 0.4) is 0 Å². The zero-order valence-corrected chi connectivity index (χ0v) is 11.3. The van der Waals surface area contributed by atoms with Crippen LogP contribution in [0.1, 0.15) is 18.9 Å². The number of anilines is 1. The molecule has 1 saturated heterocycles. The van der Waals surface area contributed by atoms with Crippen LogP contribution in [0.2, 0.25) is 0 Å². The monoisotopic (exact) mass is 270 g/mol. The molecule has 2 amide bonds. The third-order valence-corrected chi connectivity index (χ3v) is 3.68. The number of amides is 2. The van der Waals surface area contributed by atoms with Crippen molar-refractivity contribution in [2.45, 2.75) is 18.9 Å². The predicted molar refractivity (Wildman–Crippen MR) is 77.5 cm³/mol. The first-order valence-corrected chi connectivity index (χ1v) is 6.93. The number of urea groups is 1. The van der Waals surface area contributed by atoms with Gasteiger partial charge in [0.25, 0.3) is 0 Å². The number of benzene rings is 1. The van der Waals surface area contributed by atoms with Crippen LogP contribution in [-0.2, 0) is 0 Å². The summed E-state index contributed by atoms with van der Waals surface area (Å²) in [7, 11) is 0. The van der Waals surface area contributed by atoms with Crippen LogP contribution in [0.25, 0.3) is 0 Å². The highest BCUT2D eigenvalue weighted by Gasteiger charge is 2.23. The minimum absolute atomic E-state index is 0.0184. The number of rotatable bonds is 2. The van der Waals surface area contributed by atoms with Crippen molar-refractivity contribution in [1.29, 1.82) is 0 Å². The molecule has 20 heavy (non-hydrogen) atoms. The Balaban J connectivity index is 1.54. The summed E-state index contributed by atoms with van der Waals surface area (Å²) >= 11 is 0. The van der Waals surface area contributed by atoms with Crippen molar-refractivity contribution in [3.63, 3.8) is 0 Å². The summed E-state index contributed by atoms with van der Waals surface area (Å²) in [5, 5.41) is 7.20. The SMILES string of the molecule is O=C(Nc1ccccc1)N1CCC(n2cccn2)CC1. The average Bonchev–Trinajstić information content (AvgIpc) is 3.03. The molecule has 1 aliphatic heterocycles. The van der Waals surface area contributed by atoms with E-state index in [1.54, 1.807) is 6.20 Å². The van der Waals surface area contributed by atoms with Gasteiger partial charge in [-0.25, -0.2) is 4.79 Å². The van der Waals surface area contributed by atoms with E-state index in [-0.39, 0.29) is 6.03 Å². The summed E-state index contributed by atoms with van der Waals surface area (Å²) in [6.07, 6.45) is 5.69. The number of carbonyl (C=O) groups excluding carboxylic acids is 1. The lowest BCUT2D eigenvalue weighted by Gasteiger charge is -2.32. The fourth-order valence-corrected chi connectivity index (χ4v) is 2.55. The second-order valence-electron chi connectivity index (χ2n) is 5.00. The largest absolute Gasteiger partial charge is 0.324 e. The van der Waals surface area contributed by atoms with Crippen molar-refractivity contribution in [3.8, 4) is 0 Å². The minimum Gasteiger partial charge on any atom is -0.324 e. The van der Waals surface area contributed by atoms with Gasteiger partial charge in [-0.15, -0.1) is 0 Å². The first-order valence-electron chi connectivity index (χ1n) is 6.93. The second-order valence-corrected chi connectivity index (χ2v) is 5.00. The van der Waals surface area contributed by atoms with Gasteiger partial charge < -0.3 is 10.2 Å². The lowest BCUT2D eigenvalue weighted by Crippen LogP contribution is -2.41. The third-order valence-electron chi connectivity index (χ3n) is 3.68. The minimum atomic E-state index is -0.0184. The fourth-order valence-electron chi connectivity index (χ4n) is 2.55. The number of hydrogen-bond acceptors (Lipinski definition) is 2. The molecule has 1 aromatic heterocycles. The van der Waals surface area contributed by atoms with E-state index < -0.39 is 0 Å². The number of piperidine rings is 1. The lowest BCUT2D eigenvalue weighted by molar-refractivity contribution is 0.180. The Bertz CT molecular complexity index is 545. The molecule has 0 radical (unpaired) electrons. The molecular weight excluding hydrogens is 252 g/mol. The topological polar surface area (TPSA) is 50.2 Å². The zero-order valence-electron chi connectivity index (χ0n) is 11.3. The fraction of sp³-hybridized carbons (Fsp3) is 0.333. The molecule has 3 rings (SSSR count). The maximum atomic E-state index is 12.2. The molecule has 1 aromatic carbocycles. The van der Waals surface area contributed by atoms with Gasteiger partial charge >= 0.3 is 6.03 Å². The zero-order chi connectivity index (χ0) is 13.8. The molecule has 0 saturated carbocycles. The highest BCUT2D eigenvalue weighted by molar-refractivity contribution is 5.89. The summed E-state index contributed by atoms with van der Waals surface area (Å²) in [5.74, 6) is 0. The summed E-state index contributed by atoms with van der Waals surface area (Å²) in [5.41, 5.74) is 0.840. The van der Waals surface area contributed by atoms with Crippen molar-refractivity contribution in [2.75, 3.05) is 18.4 Å². The maximum absolute atomic E-state index is 12.2. The van der Waals surface area contributed by atoms with Gasteiger partial charge in [-0.2, -0.15) is 5.10 Å². The van der Waals surface area contributed by atoms with Crippen molar-refractivity contribution < 1.29 is 4.79 Å². The van der Waals surface area contributed by atoms with Gasteiger partial charge in [0, 0.05) is 31.2 Å². The van der Waals surface area contributed by atoms with E-state index in [9.17, 15) is 4.79 Å². The Morgan fingerprint density at radius 3 is 2.55 bits per heavy atom. The van der Waals surface area contributed by atoms with Gasteiger partial charge in [0.2, 0.25) is 0 Å². The van der Waals surface area contributed by atoms with Crippen LogP contribution in [-0.4, -0.2) is 33.8 Å². The Kier molecular flexibility index (Phi) is 3.67. The molecule has 2 heterocycles. The number of nitrogens with zero attached hydrogens (tertiary/aromatic N) is 3. The van der Waals surface area contributed by atoms with Crippen LogP contribution in [0.5, 0.6) is 0 Å². The van der Waals surface area contributed by atoms with Gasteiger partial charge in [-0.3, -0.25) is 4.68 Å². The number of likely N-dealkylation sites (tertiary alicyclic amines) is 1. The van der Waals surface area contributed by atoms with Crippen LogP contribution in [0.15, 0.2) is 48.8 Å². The smallest absolute Gasteiger partial charge is 0.321 e. The normalized spacial score (nSPS) is 16.1. The van der Waals surface area contributed by atoms with Gasteiger partial charge in [-0.1, -0.05) is 18.2 Å². The summed E-state index contributed by atoms with van der Waals surface area (Å²) in [6, 6.07) is 11.9. The predicted octanol–water partition coefficient (Wildman–Crippen LogP) is 2.75. The Labute approximate surface area is 118 Å². The Morgan fingerprint density at radius 1 is 1.15 bits per heavy atom. The first kappa shape index (κ1) is 12.7. The molecule has 5 heteroatoms. The van der Waals surface area contributed by atoms with Crippen LogP contribution < -0.4 is 5.32 Å². The number of para-hydroxylation sites is 1. The van der Waals surface area contributed by atoms with Gasteiger partial charge in [0.1, 0.15) is 0 Å². The van der Waals surface area contributed by atoms with Crippen LogP contribution in [0.4, 0.5) is 10.5 Å². The molecule has 0 aliphatic carbocycles. The number of carbonyl (C=O) groups is 1. The van der Waals surface area contributed by atoms with E-state index in [2.05, 4.69) is 10.4 Å². The molecule has 0 unspecified atom stereocenters. The van der Waals surface area contributed by atoms with Crippen molar-refractivity contribution in [1.82, 2.24) is 14.7 Å². The molecule has 0 bridgehead atoms. The van der Waals surface area contributed by atoms with E-state index in [0.717, 1.165) is 31.6 Å². The number of hydrogen-bond donors (Lipinski definition) is 1. The van der Waals surface area contributed by atoms with Crippen LogP contribution in [0, 0.1) is 0 Å². The molecule has 1 aliphatic rings. The molecule has 0 spiro atoms. The van der Waals surface area contributed by atoms with E-state index in [1.807, 2.05) is 52.2 Å². The molecule has 1 fully saturated rings.